The number of aryl methyl sites for hydroxylation is 1. The molecule has 1 heterocycles. The van der Waals surface area contributed by atoms with Crippen LogP contribution < -0.4 is 4.74 Å². The van der Waals surface area contributed by atoms with Crippen molar-refractivity contribution >= 4 is 22.7 Å². The lowest BCUT2D eigenvalue weighted by molar-refractivity contribution is 0.373. The summed E-state index contributed by atoms with van der Waals surface area (Å²) in [6.07, 6.45) is 1.66. The molecule has 0 atom stereocenters. The summed E-state index contributed by atoms with van der Waals surface area (Å²) < 4.78 is 10.7. The summed E-state index contributed by atoms with van der Waals surface area (Å²) in [5, 5.41) is 17.9. The maximum absolute atomic E-state index is 9.62. The number of ether oxygens (including phenoxy) is 1. The quantitative estimate of drug-likeness (QED) is 0.756. The van der Waals surface area contributed by atoms with Gasteiger partial charge < -0.3 is 14.3 Å². The van der Waals surface area contributed by atoms with Gasteiger partial charge in [-0.2, -0.15) is 0 Å². The SMILES string of the molecule is COc1cc(/C=C(\Cl)c2nnc(-c3cccc(C)c3)o2)ccc1O. The molecular weight excluding hydrogens is 328 g/mol. The standard InChI is InChI=1S/C18H15ClN2O3/c1-11-4-3-5-13(8-11)17-20-21-18(24-17)14(19)9-12-6-7-15(22)16(10-12)23-2/h3-10,22H,1-2H3/b14-9-. The van der Waals surface area contributed by atoms with Crippen LogP contribution in [0.5, 0.6) is 11.5 Å². The maximum Gasteiger partial charge on any atom is 0.259 e. The molecule has 0 saturated carbocycles. The van der Waals surface area contributed by atoms with Gasteiger partial charge in [-0.1, -0.05) is 35.4 Å². The average molecular weight is 343 g/mol. The summed E-state index contributed by atoms with van der Waals surface area (Å²) in [5.41, 5.74) is 2.68. The van der Waals surface area contributed by atoms with Crippen molar-refractivity contribution in [2.45, 2.75) is 6.92 Å². The molecule has 1 N–H and O–H groups in total. The lowest BCUT2D eigenvalue weighted by atomic mass is 10.1. The Hall–Kier alpha value is -2.79. The minimum atomic E-state index is 0.0605. The summed E-state index contributed by atoms with van der Waals surface area (Å²) in [5.74, 6) is 1.05. The smallest absolute Gasteiger partial charge is 0.259 e. The zero-order chi connectivity index (χ0) is 17.1. The highest BCUT2D eigenvalue weighted by Gasteiger charge is 2.12. The number of hydrogen-bond acceptors (Lipinski definition) is 5. The first-order chi connectivity index (χ1) is 11.6. The highest BCUT2D eigenvalue weighted by Crippen LogP contribution is 2.30. The predicted octanol–water partition coefficient (Wildman–Crippen LogP) is 4.50. The summed E-state index contributed by atoms with van der Waals surface area (Å²) in [6, 6.07) is 12.7. The summed E-state index contributed by atoms with van der Waals surface area (Å²) in [4.78, 5) is 0. The van der Waals surface area contributed by atoms with Crippen LogP contribution in [-0.2, 0) is 0 Å². The second-order valence-electron chi connectivity index (χ2n) is 5.21. The van der Waals surface area contributed by atoms with Crippen LogP contribution in [-0.4, -0.2) is 22.4 Å². The van der Waals surface area contributed by atoms with Crippen LogP contribution in [0.3, 0.4) is 0 Å². The lowest BCUT2D eigenvalue weighted by Crippen LogP contribution is -1.85. The predicted molar refractivity (Wildman–Crippen MR) is 92.9 cm³/mol. The van der Waals surface area contributed by atoms with Crippen molar-refractivity contribution in [3.05, 3.63) is 59.5 Å². The van der Waals surface area contributed by atoms with Gasteiger partial charge in [0.25, 0.3) is 5.89 Å². The van der Waals surface area contributed by atoms with Crippen LogP contribution in [0.1, 0.15) is 17.0 Å². The number of aromatic nitrogens is 2. The number of phenolic OH excluding ortho intramolecular Hbond substituents is 1. The van der Waals surface area contributed by atoms with Crippen molar-refractivity contribution in [2.24, 2.45) is 0 Å². The van der Waals surface area contributed by atoms with Crippen LogP contribution in [0, 0.1) is 6.92 Å². The Kier molecular flexibility index (Phi) is 4.53. The third-order valence-corrected chi connectivity index (χ3v) is 3.66. The molecule has 0 spiro atoms. The maximum atomic E-state index is 9.62. The fourth-order valence-electron chi connectivity index (χ4n) is 2.21. The van der Waals surface area contributed by atoms with Gasteiger partial charge in [0.15, 0.2) is 11.5 Å². The molecule has 0 aliphatic heterocycles. The van der Waals surface area contributed by atoms with Crippen molar-refractivity contribution in [1.29, 1.82) is 0 Å². The minimum Gasteiger partial charge on any atom is -0.504 e. The number of hydrogen-bond donors (Lipinski definition) is 1. The molecule has 2 aromatic carbocycles. The van der Waals surface area contributed by atoms with E-state index in [1.54, 1.807) is 18.2 Å². The fraction of sp³-hybridized carbons (Fsp3) is 0.111. The Morgan fingerprint density at radius 2 is 2.04 bits per heavy atom. The molecule has 0 amide bonds. The van der Waals surface area contributed by atoms with Crippen molar-refractivity contribution in [2.75, 3.05) is 7.11 Å². The number of rotatable bonds is 4. The molecule has 0 fully saturated rings. The van der Waals surface area contributed by atoms with Crippen LogP contribution in [0.2, 0.25) is 0 Å². The Morgan fingerprint density at radius 3 is 2.79 bits per heavy atom. The van der Waals surface area contributed by atoms with Crippen molar-refractivity contribution < 1.29 is 14.3 Å². The van der Waals surface area contributed by atoms with E-state index in [0.717, 1.165) is 16.7 Å². The number of methoxy groups -OCH3 is 1. The molecule has 0 unspecified atom stereocenters. The molecule has 0 aliphatic carbocycles. The zero-order valence-electron chi connectivity index (χ0n) is 13.2. The van der Waals surface area contributed by atoms with E-state index in [2.05, 4.69) is 10.2 Å². The van der Waals surface area contributed by atoms with Crippen LogP contribution in [0.15, 0.2) is 46.9 Å². The second-order valence-corrected chi connectivity index (χ2v) is 5.61. The third-order valence-electron chi connectivity index (χ3n) is 3.39. The molecule has 3 rings (SSSR count). The van der Waals surface area contributed by atoms with E-state index >= 15 is 0 Å². The van der Waals surface area contributed by atoms with Crippen LogP contribution in [0.4, 0.5) is 0 Å². The van der Waals surface area contributed by atoms with Gasteiger partial charge in [0.2, 0.25) is 5.89 Å². The molecule has 0 aliphatic rings. The van der Waals surface area contributed by atoms with Gasteiger partial charge >= 0.3 is 0 Å². The average Bonchev–Trinajstić information content (AvgIpc) is 3.07. The molecule has 5 nitrogen and oxygen atoms in total. The molecule has 0 radical (unpaired) electrons. The minimum absolute atomic E-state index is 0.0605. The Bertz CT molecular complexity index is 903. The normalized spacial score (nSPS) is 11.5. The van der Waals surface area contributed by atoms with E-state index in [4.69, 9.17) is 20.8 Å². The molecule has 0 saturated heterocycles. The first-order valence-corrected chi connectivity index (χ1v) is 7.60. The highest BCUT2D eigenvalue weighted by molar-refractivity contribution is 6.50. The summed E-state index contributed by atoms with van der Waals surface area (Å²) in [7, 11) is 1.48. The lowest BCUT2D eigenvalue weighted by Gasteiger charge is -2.03. The van der Waals surface area contributed by atoms with Crippen molar-refractivity contribution in [1.82, 2.24) is 10.2 Å². The number of halogens is 1. The number of aromatic hydroxyl groups is 1. The van der Waals surface area contributed by atoms with Crippen molar-refractivity contribution in [3.63, 3.8) is 0 Å². The summed E-state index contributed by atoms with van der Waals surface area (Å²) in [6.45, 7) is 1.99. The van der Waals surface area contributed by atoms with E-state index in [1.807, 2.05) is 31.2 Å². The molecular formula is C18H15ClN2O3. The van der Waals surface area contributed by atoms with E-state index in [-0.39, 0.29) is 11.6 Å². The Morgan fingerprint density at radius 1 is 1.21 bits per heavy atom. The molecule has 24 heavy (non-hydrogen) atoms. The molecule has 3 aromatic rings. The monoisotopic (exact) mass is 342 g/mol. The van der Waals surface area contributed by atoms with Crippen molar-refractivity contribution in [3.8, 4) is 23.0 Å². The molecule has 1 aromatic heterocycles. The first-order valence-electron chi connectivity index (χ1n) is 7.22. The number of nitrogens with zero attached hydrogens (tertiary/aromatic N) is 2. The van der Waals surface area contributed by atoms with E-state index in [0.29, 0.717) is 16.7 Å². The Balaban J connectivity index is 1.89. The van der Waals surface area contributed by atoms with Crippen LogP contribution >= 0.6 is 11.6 Å². The number of phenols is 1. The highest BCUT2D eigenvalue weighted by atomic mass is 35.5. The number of benzene rings is 2. The van der Waals surface area contributed by atoms with Gasteiger partial charge in [0, 0.05) is 5.56 Å². The largest absolute Gasteiger partial charge is 0.504 e. The first kappa shape index (κ1) is 16.1. The van der Waals surface area contributed by atoms with Gasteiger partial charge in [-0.3, -0.25) is 0 Å². The molecule has 122 valence electrons. The van der Waals surface area contributed by atoms with E-state index in [1.165, 1.54) is 13.2 Å². The van der Waals surface area contributed by atoms with Gasteiger partial charge in [0.1, 0.15) is 5.03 Å². The molecule has 6 heteroatoms. The van der Waals surface area contributed by atoms with Gasteiger partial charge in [-0.25, -0.2) is 0 Å². The van der Waals surface area contributed by atoms with Gasteiger partial charge in [0.05, 0.1) is 7.11 Å². The topological polar surface area (TPSA) is 68.4 Å². The van der Waals surface area contributed by atoms with E-state index in [9.17, 15) is 5.11 Å². The zero-order valence-corrected chi connectivity index (χ0v) is 13.9. The third kappa shape index (κ3) is 3.41. The van der Waals surface area contributed by atoms with Gasteiger partial charge in [-0.05, 0) is 42.8 Å². The second kappa shape index (κ2) is 6.76. The van der Waals surface area contributed by atoms with E-state index < -0.39 is 0 Å². The fourth-order valence-corrected chi connectivity index (χ4v) is 2.41. The molecule has 0 bridgehead atoms. The van der Waals surface area contributed by atoms with Crippen LogP contribution in [0.25, 0.3) is 22.6 Å². The van der Waals surface area contributed by atoms with Gasteiger partial charge in [-0.15, -0.1) is 10.2 Å². The summed E-state index contributed by atoms with van der Waals surface area (Å²) >= 11 is 6.27. The Labute approximate surface area is 144 Å².